The number of likely N-dealkylation sites (tertiary alicyclic amines) is 1. The van der Waals surface area contributed by atoms with Gasteiger partial charge in [-0.15, -0.1) is 0 Å². The third-order valence-corrected chi connectivity index (χ3v) is 7.97. The van der Waals surface area contributed by atoms with E-state index in [0.29, 0.717) is 40.8 Å². The van der Waals surface area contributed by atoms with E-state index in [0.717, 1.165) is 12.8 Å². The van der Waals surface area contributed by atoms with Gasteiger partial charge in [-0.1, -0.05) is 41.4 Å². The molecular formula is C23H25Cl2N3O5S. The molecule has 1 atom stereocenters. The Labute approximate surface area is 207 Å². The van der Waals surface area contributed by atoms with Crippen molar-refractivity contribution in [1.29, 1.82) is 0 Å². The molecule has 1 aliphatic heterocycles. The zero-order chi connectivity index (χ0) is 24.3. The first-order valence-corrected chi connectivity index (χ1v) is 13.1. The summed E-state index contributed by atoms with van der Waals surface area (Å²) in [7, 11) is -3.93. The summed E-state index contributed by atoms with van der Waals surface area (Å²) in [4.78, 5) is 16.5. The van der Waals surface area contributed by atoms with Gasteiger partial charge in [0.1, 0.15) is 16.7 Å². The maximum Gasteiger partial charge on any atom is 0.255 e. The highest BCUT2D eigenvalue weighted by molar-refractivity contribution is 7.89. The second-order valence-corrected chi connectivity index (χ2v) is 10.8. The lowest BCUT2D eigenvalue weighted by Gasteiger charge is -2.33. The minimum absolute atomic E-state index is 0.0256. The van der Waals surface area contributed by atoms with Crippen LogP contribution in [0, 0.1) is 0 Å². The molecule has 2 aromatic carbocycles. The molecule has 34 heavy (non-hydrogen) atoms. The maximum atomic E-state index is 12.8. The number of rotatable bonds is 8. The Bertz CT molecular complexity index is 1320. The number of aromatic amines is 1. The summed E-state index contributed by atoms with van der Waals surface area (Å²) in [5, 5.41) is 12.0. The third kappa shape index (κ3) is 5.91. The Morgan fingerprint density at radius 1 is 1.12 bits per heavy atom. The molecule has 0 spiro atoms. The van der Waals surface area contributed by atoms with Gasteiger partial charge in [0.2, 0.25) is 10.0 Å². The SMILES string of the molecule is O=c1[nH]cc(S(=O)(=O)NCC(O)CN2CCC(Oc3ccc(Cl)c(Cl)c3)CC2)c2ccccc12. The summed E-state index contributed by atoms with van der Waals surface area (Å²) >= 11 is 12.0. The Balaban J connectivity index is 1.28. The van der Waals surface area contributed by atoms with Crippen LogP contribution in [0.2, 0.25) is 10.0 Å². The van der Waals surface area contributed by atoms with Crippen LogP contribution in [0.3, 0.4) is 0 Å². The fourth-order valence-electron chi connectivity index (χ4n) is 4.00. The van der Waals surface area contributed by atoms with E-state index >= 15 is 0 Å². The summed E-state index contributed by atoms with van der Waals surface area (Å²) < 4.78 is 34.1. The van der Waals surface area contributed by atoms with E-state index < -0.39 is 16.1 Å². The summed E-state index contributed by atoms with van der Waals surface area (Å²) in [6, 6.07) is 11.7. The molecule has 11 heteroatoms. The number of hydrogen-bond donors (Lipinski definition) is 3. The van der Waals surface area contributed by atoms with Crippen LogP contribution < -0.4 is 15.0 Å². The van der Waals surface area contributed by atoms with Crippen molar-refractivity contribution in [3.05, 3.63) is 69.1 Å². The monoisotopic (exact) mass is 525 g/mol. The topological polar surface area (TPSA) is 112 Å². The van der Waals surface area contributed by atoms with E-state index in [1.165, 1.54) is 6.20 Å². The number of aromatic nitrogens is 1. The van der Waals surface area contributed by atoms with E-state index in [1.54, 1.807) is 42.5 Å². The van der Waals surface area contributed by atoms with Gasteiger partial charge in [-0.3, -0.25) is 4.79 Å². The molecule has 4 rings (SSSR count). The Hall–Kier alpha value is -2.14. The number of H-pyrrole nitrogens is 1. The van der Waals surface area contributed by atoms with Crippen LogP contribution >= 0.6 is 23.2 Å². The molecule has 0 saturated carbocycles. The fraction of sp³-hybridized carbons (Fsp3) is 0.348. The van der Waals surface area contributed by atoms with Gasteiger partial charge in [0, 0.05) is 49.2 Å². The van der Waals surface area contributed by atoms with Crippen LogP contribution in [0.5, 0.6) is 5.75 Å². The maximum absolute atomic E-state index is 12.8. The van der Waals surface area contributed by atoms with Crippen LogP contribution in [-0.4, -0.2) is 61.8 Å². The first kappa shape index (κ1) is 25.0. The number of pyridine rings is 1. The molecule has 3 N–H and O–H groups in total. The summed E-state index contributed by atoms with van der Waals surface area (Å²) in [5.74, 6) is 0.664. The Morgan fingerprint density at radius 2 is 1.82 bits per heavy atom. The van der Waals surface area contributed by atoms with Crippen molar-refractivity contribution in [2.75, 3.05) is 26.2 Å². The molecular weight excluding hydrogens is 501 g/mol. The fourth-order valence-corrected chi connectivity index (χ4v) is 5.54. The zero-order valence-electron chi connectivity index (χ0n) is 18.2. The highest BCUT2D eigenvalue weighted by atomic mass is 35.5. The van der Waals surface area contributed by atoms with Crippen molar-refractivity contribution in [2.45, 2.75) is 29.9 Å². The van der Waals surface area contributed by atoms with Crippen molar-refractivity contribution in [1.82, 2.24) is 14.6 Å². The lowest BCUT2D eigenvalue weighted by atomic mass is 10.1. The smallest absolute Gasteiger partial charge is 0.255 e. The van der Waals surface area contributed by atoms with Gasteiger partial charge in [-0.05, 0) is 31.0 Å². The van der Waals surface area contributed by atoms with Crippen LogP contribution in [0.1, 0.15) is 12.8 Å². The summed E-state index contributed by atoms with van der Waals surface area (Å²) in [6.45, 7) is 1.60. The number of nitrogens with one attached hydrogen (secondary N) is 2. The van der Waals surface area contributed by atoms with E-state index in [-0.39, 0.29) is 28.5 Å². The average Bonchev–Trinajstić information content (AvgIpc) is 2.82. The van der Waals surface area contributed by atoms with Gasteiger partial charge in [0.15, 0.2) is 0 Å². The standard InChI is InChI=1S/C23H25Cl2N3O5S/c24-20-6-5-17(11-21(20)25)33-16-7-9-28(10-8-16)14-15(29)12-27-34(31,32)22-13-26-23(30)19-4-2-1-3-18(19)22/h1-6,11,13,15-16,27,29H,7-10,12,14H2,(H,26,30). The van der Waals surface area contributed by atoms with Gasteiger partial charge in [-0.25, -0.2) is 13.1 Å². The second kappa shape index (κ2) is 10.6. The van der Waals surface area contributed by atoms with E-state index in [9.17, 15) is 18.3 Å². The number of sulfonamides is 1. The van der Waals surface area contributed by atoms with Crippen LogP contribution in [0.4, 0.5) is 0 Å². The highest BCUT2D eigenvalue weighted by Gasteiger charge is 2.24. The molecule has 1 aromatic heterocycles. The zero-order valence-corrected chi connectivity index (χ0v) is 20.5. The molecule has 0 aliphatic carbocycles. The molecule has 1 saturated heterocycles. The summed E-state index contributed by atoms with van der Waals surface area (Å²) in [6.07, 6.45) is 1.84. The van der Waals surface area contributed by atoms with E-state index in [1.807, 2.05) is 0 Å². The van der Waals surface area contributed by atoms with Gasteiger partial charge < -0.3 is 19.7 Å². The highest BCUT2D eigenvalue weighted by Crippen LogP contribution is 2.28. The van der Waals surface area contributed by atoms with E-state index in [2.05, 4.69) is 14.6 Å². The average molecular weight is 526 g/mol. The number of hydrogen-bond acceptors (Lipinski definition) is 6. The molecule has 0 radical (unpaired) electrons. The molecule has 1 aliphatic rings. The van der Waals surface area contributed by atoms with Crippen LogP contribution in [-0.2, 0) is 10.0 Å². The van der Waals surface area contributed by atoms with E-state index in [4.69, 9.17) is 27.9 Å². The Kier molecular flexibility index (Phi) is 7.81. The lowest BCUT2D eigenvalue weighted by molar-refractivity contribution is 0.0630. The number of benzene rings is 2. The number of β-amino-alcohol motifs (C(OH)–C–C–N with tert-alkyl or cyclic N) is 1. The Morgan fingerprint density at radius 3 is 2.53 bits per heavy atom. The summed E-state index contributed by atoms with van der Waals surface area (Å²) in [5.41, 5.74) is -0.360. The second-order valence-electron chi connectivity index (χ2n) is 8.23. The van der Waals surface area contributed by atoms with Crippen molar-refractivity contribution in [3.63, 3.8) is 0 Å². The molecule has 1 fully saturated rings. The van der Waals surface area contributed by atoms with Crippen LogP contribution in [0.15, 0.2) is 58.4 Å². The largest absolute Gasteiger partial charge is 0.490 e. The van der Waals surface area contributed by atoms with Gasteiger partial charge in [0.25, 0.3) is 5.56 Å². The molecule has 3 aromatic rings. The van der Waals surface area contributed by atoms with Gasteiger partial charge in [-0.2, -0.15) is 0 Å². The number of piperidine rings is 1. The molecule has 0 amide bonds. The first-order valence-electron chi connectivity index (χ1n) is 10.8. The molecule has 1 unspecified atom stereocenters. The first-order chi connectivity index (χ1) is 16.2. The lowest BCUT2D eigenvalue weighted by Crippen LogP contribution is -2.45. The predicted molar refractivity (Wildman–Crippen MR) is 132 cm³/mol. The predicted octanol–water partition coefficient (Wildman–Crippen LogP) is 3.02. The van der Waals surface area contributed by atoms with Crippen LogP contribution in [0.25, 0.3) is 10.8 Å². The molecule has 2 heterocycles. The number of aliphatic hydroxyl groups excluding tert-OH is 1. The molecule has 0 bridgehead atoms. The number of halogens is 2. The molecule has 8 nitrogen and oxygen atoms in total. The van der Waals surface area contributed by atoms with Crippen molar-refractivity contribution in [3.8, 4) is 5.75 Å². The number of aliphatic hydroxyl groups is 1. The minimum Gasteiger partial charge on any atom is -0.490 e. The van der Waals surface area contributed by atoms with Gasteiger partial charge >= 0.3 is 0 Å². The number of ether oxygens (including phenoxy) is 1. The number of fused-ring (bicyclic) bond motifs is 1. The van der Waals surface area contributed by atoms with Crippen molar-refractivity contribution < 1.29 is 18.3 Å². The normalized spacial score (nSPS) is 16.6. The van der Waals surface area contributed by atoms with Gasteiger partial charge in [0.05, 0.1) is 16.1 Å². The quantitative estimate of drug-likeness (QED) is 0.416. The van der Waals surface area contributed by atoms with Crippen molar-refractivity contribution >= 4 is 44.0 Å². The third-order valence-electron chi connectivity index (χ3n) is 5.77. The van der Waals surface area contributed by atoms with Crippen molar-refractivity contribution in [2.24, 2.45) is 0 Å². The number of nitrogens with zero attached hydrogens (tertiary/aromatic N) is 1. The molecule has 182 valence electrons. The minimum atomic E-state index is -3.93.